The fourth-order valence-corrected chi connectivity index (χ4v) is 5.32. The second-order valence-corrected chi connectivity index (χ2v) is 9.77. The number of ketones is 1. The molecule has 1 amide bonds. The van der Waals surface area contributed by atoms with Crippen LogP contribution in [-0.4, -0.2) is 37.5 Å². The quantitative estimate of drug-likeness (QED) is 0.635. The molecular weight excluding hydrogens is 424 g/mol. The van der Waals surface area contributed by atoms with Crippen LogP contribution in [0.3, 0.4) is 0 Å². The van der Waals surface area contributed by atoms with Crippen LogP contribution in [0.5, 0.6) is 0 Å². The molecule has 2 aromatic rings. The largest absolute Gasteiger partial charge is 0.326 e. The molecule has 30 heavy (non-hydrogen) atoms. The average Bonchev–Trinajstić information content (AvgIpc) is 2.74. The van der Waals surface area contributed by atoms with E-state index in [-0.39, 0.29) is 29.4 Å². The van der Waals surface area contributed by atoms with Crippen molar-refractivity contribution in [1.29, 1.82) is 0 Å². The molecule has 1 heterocycles. The molecule has 1 saturated heterocycles. The third-order valence-electron chi connectivity index (χ3n) is 5.15. The number of nitrogens with one attached hydrogen (secondary N) is 1. The van der Waals surface area contributed by atoms with Gasteiger partial charge >= 0.3 is 0 Å². The first-order valence-electron chi connectivity index (χ1n) is 9.97. The van der Waals surface area contributed by atoms with Crippen LogP contribution in [0.4, 0.5) is 5.69 Å². The van der Waals surface area contributed by atoms with Gasteiger partial charge < -0.3 is 5.32 Å². The Morgan fingerprint density at radius 3 is 2.33 bits per heavy atom. The van der Waals surface area contributed by atoms with Gasteiger partial charge in [0.1, 0.15) is 0 Å². The highest BCUT2D eigenvalue weighted by Crippen LogP contribution is 2.26. The van der Waals surface area contributed by atoms with Crippen molar-refractivity contribution in [2.75, 3.05) is 18.4 Å². The van der Waals surface area contributed by atoms with E-state index in [1.165, 1.54) is 10.4 Å². The Balaban J connectivity index is 1.65. The van der Waals surface area contributed by atoms with Gasteiger partial charge in [-0.3, -0.25) is 9.59 Å². The highest BCUT2D eigenvalue weighted by molar-refractivity contribution is 7.89. The number of sulfonamides is 1. The van der Waals surface area contributed by atoms with Crippen LogP contribution >= 0.6 is 11.6 Å². The van der Waals surface area contributed by atoms with Crippen LogP contribution in [-0.2, 0) is 14.8 Å². The van der Waals surface area contributed by atoms with Crippen molar-refractivity contribution in [2.45, 2.75) is 43.9 Å². The number of hydrogen-bond donors (Lipinski definition) is 1. The SMILES string of the molecule is Cc1ccc(NC(=O)CCC(=O)c2ccc(Cl)cc2)cc1S(=O)(=O)N1CCCCC1. The second kappa shape index (κ2) is 9.73. The van der Waals surface area contributed by atoms with Crippen molar-refractivity contribution in [1.82, 2.24) is 4.31 Å². The van der Waals surface area contributed by atoms with E-state index in [4.69, 9.17) is 11.6 Å². The minimum atomic E-state index is -3.60. The summed E-state index contributed by atoms with van der Waals surface area (Å²) in [6.07, 6.45) is 2.81. The number of aryl methyl sites for hydroxylation is 1. The van der Waals surface area contributed by atoms with Crippen LogP contribution in [0.15, 0.2) is 47.4 Å². The summed E-state index contributed by atoms with van der Waals surface area (Å²) >= 11 is 5.82. The molecule has 6 nitrogen and oxygen atoms in total. The van der Waals surface area contributed by atoms with E-state index in [1.807, 2.05) is 0 Å². The van der Waals surface area contributed by atoms with E-state index in [9.17, 15) is 18.0 Å². The Morgan fingerprint density at radius 1 is 1.00 bits per heavy atom. The summed E-state index contributed by atoms with van der Waals surface area (Å²) in [7, 11) is -3.60. The Morgan fingerprint density at radius 2 is 1.67 bits per heavy atom. The van der Waals surface area contributed by atoms with Crippen LogP contribution in [0.2, 0.25) is 5.02 Å². The van der Waals surface area contributed by atoms with Crippen LogP contribution < -0.4 is 5.32 Å². The molecule has 0 spiro atoms. The molecule has 3 rings (SSSR count). The number of nitrogens with zero attached hydrogens (tertiary/aromatic N) is 1. The van der Waals surface area contributed by atoms with Gasteiger partial charge in [-0.05, 0) is 61.7 Å². The molecule has 0 bridgehead atoms. The van der Waals surface area contributed by atoms with Gasteiger partial charge in [0.05, 0.1) is 4.90 Å². The highest BCUT2D eigenvalue weighted by Gasteiger charge is 2.27. The molecule has 1 aliphatic rings. The summed E-state index contributed by atoms with van der Waals surface area (Å²) in [5.41, 5.74) is 1.54. The number of rotatable bonds is 7. The lowest BCUT2D eigenvalue weighted by atomic mass is 10.1. The predicted molar refractivity (Wildman–Crippen MR) is 117 cm³/mol. The van der Waals surface area contributed by atoms with Gasteiger partial charge in [-0.1, -0.05) is 24.1 Å². The topological polar surface area (TPSA) is 83.5 Å². The normalized spacial score (nSPS) is 15.0. The summed E-state index contributed by atoms with van der Waals surface area (Å²) in [5.74, 6) is -0.499. The Labute approximate surface area is 182 Å². The van der Waals surface area contributed by atoms with Crippen molar-refractivity contribution in [2.24, 2.45) is 0 Å². The smallest absolute Gasteiger partial charge is 0.243 e. The minimum absolute atomic E-state index is 0.00352. The van der Waals surface area contributed by atoms with Gasteiger partial charge in [0.25, 0.3) is 0 Å². The molecule has 1 fully saturated rings. The van der Waals surface area contributed by atoms with Crippen molar-refractivity contribution >= 4 is 39.0 Å². The molecule has 0 aromatic heterocycles. The first-order valence-corrected chi connectivity index (χ1v) is 11.8. The van der Waals surface area contributed by atoms with E-state index in [1.54, 1.807) is 43.3 Å². The number of carbonyl (C=O) groups is 2. The van der Waals surface area contributed by atoms with E-state index < -0.39 is 10.0 Å². The van der Waals surface area contributed by atoms with Crippen LogP contribution in [0, 0.1) is 6.92 Å². The van der Waals surface area contributed by atoms with Gasteiger partial charge in [-0.25, -0.2) is 8.42 Å². The van der Waals surface area contributed by atoms with E-state index >= 15 is 0 Å². The Bertz CT molecular complexity index is 1030. The first kappa shape index (κ1) is 22.5. The van der Waals surface area contributed by atoms with Crippen molar-refractivity contribution < 1.29 is 18.0 Å². The molecule has 0 saturated carbocycles. The molecular formula is C22H25ClN2O4S. The molecule has 160 valence electrons. The summed E-state index contributed by atoms with van der Waals surface area (Å²) in [5, 5.41) is 3.25. The average molecular weight is 449 g/mol. The fourth-order valence-electron chi connectivity index (χ4n) is 3.43. The maximum Gasteiger partial charge on any atom is 0.243 e. The van der Waals surface area contributed by atoms with Crippen LogP contribution in [0.25, 0.3) is 0 Å². The minimum Gasteiger partial charge on any atom is -0.326 e. The zero-order valence-corrected chi connectivity index (χ0v) is 18.4. The van der Waals surface area contributed by atoms with Crippen LogP contribution in [0.1, 0.15) is 48.0 Å². The van der Waals surface area contributed by atoms with Gasteiger partial charge in [0.15, 0.2) is 5.78 Å². The molecule has 8 heteroatoms. The van der Waals surface area contributed by atoms with E-state index in [0.717, 1.165) is 19.3 Å². The summed E-state index contributed by atoms with van der Waals surface area (Å²) in [6, 6.07) is 11.4. The third kappa shape index (κ3) is 5.47. The standard InChI is InChI=1S/C22H25ClN2O4S/c1-16-5-10-19(15-21(16)30(28,29)25-13-3-2-4-14-25)24-22(27)12-11-20(26)17-6-8-18(23)9-7-17/h5-10,15H,2-4,11-14H2,1H3,(H,24,27). The first-order chi connectivity index (χ1) is 14.3. The molecule has 0 unspecified atom stereocenters. The maximum absolute atomic E-state index is 13.0. The zero-order valence-electron chi connectivity index (χ0n) is 16.9. The Kier molecular flexibility index (Phi) is 7.28. The fraction of sp³-hybridized carbons (Fsp3) is 0.364. The van der Waals surface area contributed by atoms with Crippen molar-refractivity contribution in [3.05, 3.63) is 58.6 Å². The van der Waals surface area contributed by atoms with Gasteiger partial charge in [0.2, 0.25) is 15.9 Å². The summed E-state index contributed by atoms with van der Waals surface area (Å²) in [4.78, 5) is 24.7. The van der Waals surface area contributed by atoms with Gasteiger partial charge in [-0.15, -0.1) is 0 Å². The highest BCUT2D eigenvalue weighted by atomic mass is 35.5. The number of Topliss-reactive ketones (excluding diaryl/α,β-unsaturated/α-hetero) is 1. The Hall–Kier alpha value is -2.22. The zero-order chi connectivity index (χ0) is 21.7. The number of halogens is 1. The van der Waals surface area contributed by atoms with Gasteiger partial charge in [0, 0.05) is 42.2 Å². The lowest BCUT2D eigenvalue weighted by Crippen LogP contribution is -2.36. The second-order valence-electron chi connectivity index (χ2n) is 7.42. The number of benzene rings is 2. The molecule has 0 radical (unpaired) electrons. The molecule has 1 N–H and O–H groups in total. The number of amides is 1. The summed E-state index contributed by atoms with van der Waals surface area (Å²) in [6.45, 7) is 2.78. The lowest BCUT2D eigenvalue weighted by molar-refractivity contribution is -0.116. The molecule has 2 aromatic carbocycles. The predicted octanol–water partition coefficient (Wildman–Crippen LogP) is 4.42. The molecule has 0 atom stereocenters. The summed E-state index contributed by atoms with van der Waals surface area (Å²) < 4.78 is 27.5. The van der Waals surface area contributed by atoms with Gasteiger partial charge in [-0.2, -0.15) is 4.31 Å². The van der Waals surface area contributed by atoms with Crippen molar-refractivity contribution in [3.8, 4) is 0 Å². The van der Waals surface area contributed by atoms with Crippen molar-refractivity contribution in [3.63, 3.8) is 0 Å². The lowest BCUT2D eigenvalue weighted by Gasteiger charge is -2.26. The number of anilines is 1. The third-order valence-corrected chi connectivity index (χ3v) is 7.44. The number of hydrogen-bond acceptors (Lipinski definition) is 4. The number of piperidine rings is 1. The number of carbonyl (C=O) groups excluding carboxylic acids is 2. The molecule has 1 aliphatic heterocycles. The molecule has 0 aliphatic carbocycles. The van der Waals surface area contributed by atoms with E-state index in [0.29, 0.717) is 34.9 Å². The maximum atomic E-state index is 13.0. The van der Waals surface area contributed by atoms with E-state index in [2.05, 4.69) is 5.32 Å². The monoisotopic (exact) mass is 448 g/mol.